The zero-order valence-electron chi connectivity index (χ0n) is 21.7. The molecule has 0 bridgehead atoms. The second-order valence-corrected chi connectivity index (χ2v) is 10.8. The molecule has 3 aromatic carbocycles. The van der Waals surface area contributed by atoms with Gasteiger partial charge >= 0.3 is 12.8 Å². The highest BCUT2D eigenvalue weighted by Crippen LogP contribution is 2.45. The summed E-state index contributed by atoms with van der Waals surface area (Å²) in [6.45, 7) is -2.23. The number of aromatic nitrogens is 2. The van der Waals surface area contributed by atoms with E-state index in [4.69, 9.17) is 5.14 Å². The first kappa shape index (κ1) is 30.1. The minimum Gasteiger partial charge on any atom is -0.434 e. The molecule has 0 saturated heterocycles. The van der Waals surface area contributed by atoms with E-state index in [-0.39, 0.29) is 22.3 Å². The van der Waals surface area contributed by atoms with Crippen molar-refractivity contribution in [1.29, 1.82) is 0 Å². The number of hydrogen-bond acceptors (Lipinski definition) is 5. The fourth-order valence-electron chi connectivity index (χ4n) is 4.31. The third-order valence-corrected chi connectivity index (χ3v) is 7.07. The number of nitrogens with zero attached hydrogens (tertiary/aromatic N) is 3. The fraction of sp³-hybridized carbons (Fsp3) is 0.222. The minimum atomic E-state index is -5.01. The van der Waals surface area contributed by atoms with Gasteiger partial charge in [-0.15, -0.1) is 0 Å². The number of primary sulfonamides is 1. The maximum Gasteiger partial charge on any atom is 0.417 e. The molecule has 0 saturated carbocycles. The second-order valence-electron chi connectivity index (χ2n) is 9.30. The van der Waals surface area contributed by atoms with Crippen molar-refractivity contribution in [3.63, 3.8) is 0 Å². The van der Waals surface area contributed by atoms with E-state index < -0.39 is 50.4 Å². The molecule has 7 nitrogen and oxygen atoms in total. The van der Waals surface area contributed by atoms with E-state index in [0.717, 1.165) is 36.4 Å². The summed E-state index contributed by atoms with van der Waals surface area (Å²) in [5.41, 5.74) is -2.04. The maximum atomic E-state index is 14.3. The van der Waals surface area contributed by atoms with E-state index in [9.17, 15) is 34.8 Å². The summed E-state index contributed by atoms with van der Waals surface area (Å²) < 4.78 is 114. The number of halogens is 6. The number of ether oxygens (including phenoxy) is 1. The molecule has 218 valence electrons. The van der Waals surface area contributed by atoms with Crippen LogP contribution >= 0.6 is 0 Å². The van der Waals surface area contributed by atoms with Gasteiger partial charge in [-0.1, -0.05) is 18.2 Å². The molecule has 0 atom stereocenters. The Morgan fingerprint density at radius 2 is 1.73 bits per heavy atom. The van der Waals surface area contributed by atoms with Crippen LogP contribution in [0.15, 0.2) is 71.9 Å². The van der Waals surface area contributed by atoms with Crippen molar-refractivity contribution in [2.75, 3.05) is 20.6 Å². The zero-order chi connectivity index (χ0) is 30.1. The number of nitrogens with two attached hydrogens (primary N) is 1. The Kier molecular flexibility index (Phi) is 8.47. The van der Waals surface area contributed by atoms with Crippen molar-refractivity contribution in [2.45, 2.75) is 24.2 Å². The van der Waals surface area contributed by atoms with Crippen LogP contribution < -0.4 is 9.88 Å². The highest BCUT2D eigenvalue weighted by atomic mass is 32.2. The summed E-state index contributed by atoms with van der Waals surface area (Å²) in [7, 11) is -0.995. The molecule has 1 heterocycles. The molecule has 1 aromatic heterocycles. The van der Waals surface area contributed by atoms with E-state index in [1.807, 2.05) is 19.0 Å². The third kappa shape index (κ3) is 6.89. The van der Waals surface area contributed by atoms with Gasteiger partial charge in [0.05, 0.1) is 23.2 Å². The number of benzene rings is 3. The highest BCUT2D eigenvalue weighted by molar-refractivity contribution is 7.89. The van der Waals surface area contributed by atoms with Crippen LogP contribution in [0.2, 0.25) is 0 Å². The highest BCUT2D eigenvalue weighted by Gasteiger charge is 2.37. The van der Waals surface area contributed by atoms with Crippen LogP contribution in [0.25, 0.3) is 33.4 Å². The van der Waals surface area contributed by atoms with Crippen LogP contribution in [0, 0.1) is 5.82 Å². The van der Waals surface area contributed by atoms with Crippen molar-refractivity contribution in [2.24, 2.45) is 5.14 Å². The van der Waals surface area contributed by atoms with Gasteiger partial charge in [-0.05, 0) is 67.2 Å². The van der Waals surface area contributed by atoms with Gasteiger partial charge in [-0.3, -0.25) is 4.68 Å². The lowest BCUT2D eigenvalue weighted by Crippen LogP contribution is -2.18. The Balaban J connectivity index is 2.06. The van der Waals surface area contributed by atoms with Crippen molar-refractivity contribution >= 4 is 10.0 Å². The Morgan fingerprint density at radius 1 is 1.00 bits per heavy atom. The lowest BCUT2D eigenvalue weighted by Gasteiger charge is -2.20. The van der Waals surface area contributed by atoms with Crippen LogP contribution in [0.3, 0.4) is 0 Å². The summed E-state index contributed by atoms with van der Waals surface area (Å²) >= 11 is 0. The quantitative estimate of drug-likeness (QED) is 0.244. The normalized spacial score (nSPS) is 12.4. The molecule has 2 N–H and O–H groups in total. The fourth-order valence-corrected chi connectivity index (χ4v) is 5.08. The first-order valence-corrected chi connectivity index (χ1v) is 13.5. The molecule has 14 heteroatoms. The molecule has 0 radical (unpaired) electrons. The van der Waals surface area contributed by atoms with Gasteiger partial charge in [0.2, 0.25) is 10.0 Å². The molecular weight excluding hydrogens is 574 g/mol. The van der Waals surface area contributed by atoms with E-state index in [0.29, 0.717) is 24.7 Å². The summed E-state index contributed by atoms with van der Waals surface area (Å²) in [5.74, 6) is -1.26. The Hall–Kier alpha value is -3.88. The molecule has 0 spiro atoms. The average molecular weight is 599 g/mol. The Bertz CT molecular complexity index is 1670. The first-order valence-electron chi connectivity index (χ1n) is 11.9. The molecule has 0 aliphatic rings. The van der Waals surface area contributed by atoms with Crippen LogP contribution in [-0.2, 0) is 22.7 Å². The number of likely N-dealkylation sites (N-methyl/N-ethyl adjacent to an activating group) is 1. The number of hydrogen-bond donors (Lipinski definition) is 1. The summed E-state index contributed by atoms with van der Waals surface area (Å²) in [6.07, 6.45) is -2.04. The standard InChI is InChI=1S/C27H24F6N4O3S/c1-36(2)10-11-37-15-17(14-35-37)19-8-6-16(20-13-18(28)7-9-23(20)40-26(29)30)12-21(19)25-22(27(31,32)33)4-3-5-24(25)41(34,38)39/h3-9,12-15,26H,10-11H2,1-2H3,(H2,34,38,39). The average Bonchev–Trinajstić information content (AvgIpc) is 3.35. The van der Waals surface area contributed by atoms with Crippen molar-refractivity contribution < 1.29 is 39.5 Å². The monoisotopic (exact) mass is 598 g/mol. The zero-order valence-corrected chi connectivity index (χ0v) is 22.5. The van der Waals surface area contributed by atoms with Gasteiger partial charge in [-0.25, -0.2) is 17.9 Å². The predicted octanol–water partition coefficient (Wildman–Crippen LogP) is 5.85. The lowest BCUT2D eigenvalue weighted by atomic mass is 9.89. The smallest absolute Gasteiger partial charge is 0.417 e. The van der Waals surface area contributed by atoms with Gasteiger partial charge in [0.15, 0.2) is 0 Å². The van der Waals surface area contributed by atoms with Crippen LogP contribution in [-0.4, -0.2) is 50.3 Å². The van der Waals surface area contributed by atoms with Crippen molar-refractivity contribution in [3.05, 3.63) is 78.4 Å². The molecule has 0 aliphatic heterocycles. The van der Waals surface area contributed by atoms with Gasteiger partial charge in [0.1, 0.15) is 11.6 Å². The molecule has 4 aromatic rings. The molecule has 41 heavy (non-hydrogen) atoms. The van der Waals surface area contributed by atoms with Gasteiger partial charge in [-0.2, -0.15) is 27.1 Å². The number of rotatable bonds is 9. The summed E-state index contributed by atoms with van der Waals surface area (Å²) in [6, 6.07) is 9.17. The van der Waals surface area contributed by atoms with Crippen molar-refractivity contribution in [3.8, 4) is 39.1 Å². The maximum absolute atomic E-state index is 14.3. The van der Waals surface area contributed by atoms with E-state index >= 15 is 0 Å². The molecule has 0 aliphatic carbocycles. The van der Waals surface area contributed by atoms with Crippen LogP contribution in [0.4, 0.5) is 26.3 Å². The first-order chi connectivity index (χ1) is 19.1. The van der Waals surface area contributed by atoms with E-state index in [1.165, 1.54) is 18.3 Å². The number of sulfonamides is 1. The Morgan fingerprint density at radius 3 is 2.37 bits per heavy atom. The van der Waals surface area contributed by atoms with E-state index in [2.05, 4.69) is 9.84 Å². The van der Waals surface area contributed by atoms with Crippen LogP contribution in [0.1, 0.15) is 5.56 Å². The topological polar surface area (TPSA) is 90.5 Å². The number of alkyl halides is 5. The second kappa shape index (κ2) is 11.5. The molecule has 0 amide bonds. The largest absolute Gasteiger partial charge is 0.434 e. The summed E-state index contributed by atoms with van der Waals surface area (Å²) in [5, 5.41) is 9.60. The van der Waals surface area contributed by atoms with Gasteiger partial charge in [0, 0.05) is 29.4 Å². The molecule has 0 unspecified atom stereocenters. The minimum absolute atomic E-state index is 0.0174. The van der Waals surface area contributed by atoms with Gasteiger partial charge < -0.3 is 9.64 Å². The van der Waals surface area contributed by atoms with E-state index in [1.54, 1.807) is 10.9 Å². The lowest BCUT2D eigenvalue weighted by molar-refractivity contribution is -0.137. The third-order valence-electron chi connectivity index (χ3n) is 6.12. The SMILES string of the molecule is CN(C)CCn1cc(-c2ccc(-c3cc(F)ccc3OC(F)F)cc2-c2c(C(F)(F)F)cccc2S(N)(=O)=O)cn1. The molecular formula is C27H24F6N4O3S. The predicted molar refractivity (Wildman–Crippen MR) is 140 cm³/mol. The van der Waals surface area contributed by atoms with Crippen molar-refractivity contribution in [1.82, 2.24) is 14.7 Å². The Labute approximate surface area is 231 Å². The van der Waals surface area contributed by atoms with Crippen LogP contribution in [0.5, 0.6) is 5.75 Å². The summed E-state index contributed by atoms with van der Waals surface area (Å²) in [4.78, 5) is 1.09. The molecule has 0 fully saturated rings. The van der Waals surface area contributed by atoms with Gasteiger partial charge in [0.25, 0.3) is 0 Å². The molecule has 4 rings (SSSR count).